The van der Waals surface area contributed by atoms with Crippen molar-refractivity contribution in [3.8, 4) is 0 Å². The molecule has 4 heteroatoms. The average molecular weight is 116 g/mol. The maximum absolute atomic E-state index is 9.45. The van der Waals surface area contributed by atoms with Crippen molar-refractivity contribution in [1.82, 2.24) is 5.01 Å². The zero-order chi connectivity index (χ0) is 6.41. The molecule has 0 N–H and O–H groups in total. The largest absolute Gasteiger partial charge is 0.415 e. The molecule has 0 aliphatic heterocycles. The molecule has 0 heterocycles. The molecule has 0 spiro atoms. The van der Waals surface area contributed by atoms with Crippen LogP contribution in [-0.2, 0) is 9.53 Å². The zero-order valence-electron chi connectivity index (χ0n) is 4.87. The average Bonchev–Trinajstić information content (AvgIpc) is 1.66. The highest BCUT2D eigenvalue weighted by atomic mass is 16.5. The minimum absolute atomic E-state index is 0.312. The van der Waals surface area contributed by atoms with E-state index in [1.165, 1.54) is 5.01 Å². The molecule has 0 aromatic carbocycles. The summed E-state index contributed by atoms with van der Waals surface area (Å²) in [4.78, 5) is 9.45. The monoisotopic (exact) mass is 116 g/mol. The number of nitrogens with zero attached hydrogens (tertiary/aromatic N) is 2. The van der Waals surface area contributed by atoms with Crippen molar-refractivity contribution < 1.29 is 9.53 Å². The molecule has 4 nitrogen and oxygen atoms in total. The van der Waals surface area contributed by atoms with Gasteiger partial charge in [0.2, 0.25) is 6.40 Å². The fourth-order valence-electron chi connectivity index (χ4n) is 0.146. The van der Waals surface area contributed by atoms with Crippen molar-refractivity contribution in [3.05, 3.63) is 0 Å². The van der Waals surface area contributed by atoms with Gasteiger partial charge in [0.05, 0.1) is 0 Å². The molecular weight excluding hydrogens is 108 g/mol. The van der Waals surface area contributed by atoms with Crippen molar-refractivity contribution in [2.75, 3.05) is 14.1 Å². The van der Waals surface area contributed by atoms with Gasteiger partial charge in [-0.15, -0.1) is 5.10 Å². The quantitative estimate of drug-likeness (QED) is 0.219. The lowest BCUT2D eigenvalue weighted by molar-refractivity contribution is -0.121. The Labute approximate surface area is 47.7 Å². The Bertz CT molecular complexity index is 90.0. The van der Waals surface area contributed by atoms with Crippen LogP contribution in [0.4, 0.5) is 0 Å². The van der Waals surface area contributed by atoms with E-state index < -0.39 is 0 Å². The molecule has 0 aliphatic carbocycles. The second-order valence-corrected chi connectivity index (χ2v) is 1.30. The first kappa shape index (κ1) is 6.94. The van der Waals surface area contributed by atoms with Gasteiger partial charge in [0.1, 0.15) is 0 Å². The van der Waals surface area contributed by atoms with E-state index in [1.54, 1.807) is 14.1 Å². The van der Waals surface area contributed by atoms with Crippen LogP contribution < -0.4 is 0 Å². The molecule has 0 saturated carbocycles. The van der Waals surface area contributed by atoms with Crippen LogP contribution in [0.3, 0.4) is 0 Å². The number of ether oxygens (including phenoxy) is 1. The number of carbonyl (C=O) groups excluding carboxylic acids is 1. The molecule has 0 rings (SSSR count). The van der Waals surface area contributed by atoms with E-state index in [0.717, 1.165) is 6.40 Å². The number of rotatable bonds is 3. The van der Waals surface area contributed by atoms with E-state index in [9.17, 15) is 4.79 Å². The third-order valence-electron chi connectivity index (χ3n) is 0.394. The van der Waals surface area contributed by atoms with Crippen LogP contribution in [-0.4, -0.2) is 32.0 Å². The van der Waals surface area contributed by atoms with Gasteiger partial charge in [-0.1, -0.05) is 0 Å². The van der Waals surface area contributed by atoms with Gasteiger partial charge in [0.25, 0.3) is 6.47 Å². The second-order valence-electron chi connectivity index (χ2n) is 1.30. The Morgan fingerprint density at radius 1 is 1.62 bits per heavy atom. The van der Waals surface area contributed by atoms with E-state index in [1.807, 2.05) is 0 Å². The normalized spacial score (nSPS) is 9.25. The summed E-state index contributed by atoms with van der Waals surface area (Å²) in [5, 5.41) is 5.09. The minimum Gasteiger partial charge on any atom is -0.415 e. The summed E-state index contributed by atoms with van der Waals surface area (Å²) in [7, 11) is 3.45. The molecule has 0 atom stereocenters. The molecule has 0 aliphatic rings. The van der Waals surface area contributed by atoms with Gasteiger partial charge in [-0.3, -0.25) is 4.79 Å². The van der Waals surface area contributed by atoms with Gasteiger partial charge in [0.15, 0.2) is 0 Å². The van der Waals surface area contributed by atoms with Gasteiger partial charge in [-0.05, 0) is 0 Å². The molecule has 0 aromatic rings. The Kier molecular flexibility index (Phi) is 3.56. The van der Waals surface area contributed by atoms with Crippen molar-refractivity contribution >= 4 is 12.9 Å². The summed E-state index contributed by atoms with van der Waals surface area (Å²) in [5.41, 5.74) is 0. The molecule has 0 bridgehead atoms. The molecule has 0 unspecified atom stereocenters. The molecule has 0 radical (unpaired) electrons. The third kappa shape index (κ3) is 4.94. The Balaban J connectivity index is 3.19. The molecule has 0 aromatic heterocycles. The molecular formula is C4H8N2O2. The predicted octanol–water partition coefficient (Wildman–Crippen LogP) is -0.336. The number of hydrogen-bond donors (Lipinski definition) is 0. The highest BCUT2D eigenvalue weighted by Gasteiger charge is 1.72. The first-order chi connectivity index (χ1) is 3.77. The number of carbonyl (C=O) groups is 1. The van der Waals surface area contributed by atoms with E-state index in [4.69, 9.17) is 0 Å². The lowest BCUT2D eigenvalue weighted by Gasteiger charge is -1.99. The van der Waals surface area contributed by atoms with Crippen molar-refractivity contribution in [2.45, 2.75) is 0 Å². The number of hydrogen-bond acceptors (Lipinski definition) is 4. The lowest BCUT2D eigenvalue weighted by atomic mass is 11.2. The third-order valence-corrected chi connectivity index (χ3v) is 0.394. The maximum Gasteiger partial charge on any atom is 0.299 e. The van der Waals surface area contributed by atoms with Gasteiger partial charge in [-0.25, -0.2) is 0 Å². The fraction of sp³-hybridized carbons (Fsp3) is 0.500. The summed E-state index contributed by atoms with van der Waals surface area (Å²) >= 11 is 0. The summed E-state index contributed by atoms with van der Waals surface area (Å²) < 4.78 is 4.13. The Morgan fingerprint density at radius 3 is 2.62 bits per heavy atom. The van der Waals surface area contributed by atoms with Crippen molar-refractivity contribution in [2.24, 2.45) is 5.10 Å². The van der Waals surface area contributed by atoms with E-state index in [0.29, 0.717) is 6.47 Å². The number of hydrazone groups is 1. The second kappa shape index (κ2) is 4.11. The van der Waals surface area contributed by atoms with Crippen molar-refractivity contribution in [1.29, 1.82) is 0 Å². The van der Waals surface area contributed by atoms with Crippen LogP contribution in [0.5, 0.6) is 0 Å². The highest BCUT2D eigenvalue weighted by molar-refractivity contribution is 5.59. The van der Waals surface area contributed by atoms with E-state index in [-0.39, 0.29) is 0 Å². The van der Waals surface area contributed by atoms with Crippen LogP contribution in [0.25, 0.3) is 0 Å². The van der Waals surface area contributed by atoms with E-state index in [2.05, 4.69) is 9.84 Å². The molecule has 46 valence electrons. The molecule has 0 fully saturated rings. The minimum atomic E-state index is 0.312. The van der Waals surface area contributed by atoms with Gasteiger partial charge >= 0.3 is 0 Å². The first-order valence-electron chi connectivity index (χ1n) is 2.06. The summed E-state index contributed by atoms with van der Waals surface area (Å²) in [6, 6.07) is 0. The first-order valence-corrected chi connectivity index (χ1v) is 2.06. The fourth-order valence-corrected chi connectivity index (χ4v) is 0.146. The molecule has 0 saturated heterocycles. The van der Waals surface area contributed by atoms with Gasteiger partial charge < -0.3 is 9.75 Å². The van der Waals surface area contributed by atoms with Crippen LogP contribution in [0.15, 0.2) is 5.10 Å². The standard InChI is InChI=1S/C4H8N2O2/c1-6(2)5-3-8-4-7/h3-4H,1-2H3/b5-3-. The zero-order valence-corrected chi connectivity index (χ0v) is 4.87. The van der Waals surface area contributed by atoms with E-state index >= 15 is 0 Å². The SMILES string of the molecule is CN(C)/N=C\OC=O. The van der Waals surface area contributed by atoms with Crippen LogP contribution in [0, 0.1) is 0 Å². The van der Waals surface area contributed by atoms with Crippen LogP contribution in [0.2, 0.25) is 0 Å². The van der Waals surface area contributed by atoms with Crippen molar-refractivity contribution in [3.63, 3.8) is 0 Å². The van der Waals surface area contributed by atoms with Gasteiger partial charge in [0, 0.05) is 14.1 Å². The Hall–Kier alpha value is -1.06. The lowest BCUT2D eigenvalue weighted by Crippen LogP contribution is -2.02. The topological polar surface area (TPSA) is 41.9 Å². The van der Waals surface area contributed by atoms with Gasteiger partial charge in [-0.2, -0.15) is 0 Å². The smallest absolute Gasteiger partial charge is 0.299 e. The van der Waals surface area contributed by atoms with Crippen LogP contribution >= 0.6 is 0 Å². The summed E-state index contributed by atoms with van der Waals surface area (Å²) in [5.74, 6) is 0. The maximum atomic E-state index is 9.45. The predicted molar refractivity (Wildman–Crippen MR) is 29.3 cm³/mol. The molecule has 8 heavy (non-hydrogen) atoms. The Morgan fingerprint density at radius 2 is 2.25 bits per heavy atom. The van der Waals surface area contributed by atoms with Crippen LogP contribution in [0.1, 0.15) is 0 Å². The molecule has 0 amide bonds. The summed E-state index contributed by atoms with van der Waals surface area (Å²) in [6.07, 6.45) is 1.06. The highest BCUT2D eigenvalue weighted by Crippen LogP contribution is 1.69. The summed E-state index contributed by atoms with van der Waals surface area (Å²) in [6.45, 7) is 0.312.